The zero-order valence-corrected chi connectivity index (χ0v) is 12.1. The maximum Gasteiger partial charge on any atom is 0.237 e. The van der Waals surface area contributed by atoms with Gasteiger partial charge in [-0.05, 0) is 25.7 Å². The van der Waals surface area contributed by atoms with Crippen molar-refractivity contribution in [3.8, 4) is 0 Å². The summed E-state index contributed by atoms with van der Waals surface area (Å²) in [7, 11) is 3.39. The van der Waals surface area contributed by atoms with E-state index in [1.54, 1.807) is 14.2 Å². The fraction of sp³-hybridized carbons (Fsp3) is 0.923. The molecule has 0 saturated heterocycles. The second-order valence-corrected chi connectivity index (χ2v) is 5.29. The third-order valence-corrected chi connectivity index (χ3v) is 3.91. The minimum absolute atomic E-state index is 0.310. The first-order chi connectivity index (χ1) is 9.03. The highest BCUT2D eigenvalue weighted by Gasteiger charge is 2.42. The van der Waals surface area contributed by atoms with Crippen molar-refractivity contribution >= 4 is 5.91 Å². The summed E-state index contributed by atoms with van der Waals surface area (Å²) in [5.41, 5.74) is 10.6. The van der Waals surface area contributed by atoms with Crippen LogP contribution in [0.15, 0.2) is 0 Å². The van der Waals surface area contributed by atoms with Gasteiger partial charge in [-0.25, -0.2) is 0 Å². The van der Waals surface area contributed by atoms with Crippen LogP contribution < -0.4 is 11.5 Å². The van der Waals surface area contributed by atoms with Gasteiger partial charge in [-0.1, -0.05) is 0 Å². The molecule has 19 heavy (non-hydrogen) atoms. The molecule has 6 heteroatoms. The third-order valence-electron chi connectivity index (χ3n) is 3.91. The van der Waals surface area contributed by atoms with Crippen molar-refractivity contribution in [1.29, 1.82) is 0 Å². The average Bonchev–Trinajstić information content (AvgIpc) is 2.78. The summed E-state index contributed by atoms with van der Waals surface area (Å²) in [5, 5.41) is 0. The fourth-order valence-corrected chi connectivity index (χ4v) is 2.68. The van der Waals surface area contributed by atoms with Gasteiger partial charge in [-0.3, -0.25) is 9.69 Å². The second-order valence-electron chi connectivity index (χ2n) is 5.29. The standard InChI is InChI=1S/C13H27N3O3/c1-18-8-3-6-16(7-9-19-2)11-4-5-13(15,10-11)12(14)17/h11H,3-10,15H2,1-2H3,(H2,14,17). The minimum Gasteiger partial charge on any atom is -0.385 e. The molecule has 0 aromatic carbocycles. The Balaban J connectivity index is 2.53. The van der Waals surface area contributed by atoms with Crippen molar-refractivity contribution < 1.29 is 14.3 Å². The predicted octanol–water partition coefficient (Wildman–Crippen LogP) is -0.293. The van der Waals surface area contributed by atoms with E-state index in [4.69, 9.17) is 20.9 Å². The molecule has 0 aromatic heterocycles. The Morgan fingerprint density at radius 3 is 2.53 bits per heavy atom. The Kier molecular flexibility index (Phi) is 6.71. The number of amides is 1. The Bertz CT molecular complexity index is 288. The number of primary amides is 1. The molecule has 0 heterocycles. The molecule has 0 aromatic rings. The number of carbonyl (C=O) groups excluding carboxylic acids is 1. The molecular formula is C13H27N3O3. The topological polar surface area (TPSA) is 90.8 Å². The third kappa shape index (κ3) is 4.72. The Morgan fingerprint density at radius 2 is 2.00 bits per heavy atom. The smallest absolute Gasteiger partial charge is 0.237 e. The zero-order valence-electron chi connectivity index (χ0n) is 12.1. The number of nitrogens with two attached hydrogens (primary N) is 2. The molecule has 0 radical (unpaired) electrons. The van der Waals surface area contributed by atoms with Gasteiger partial charge in [-0.2, -0.15) is 0 Å². The summed E-state index contributed by atoms with van der Waals surface area (Å²) in [4.78, 5) is 13.7. The van der Waals surface area contributed by atoms with Gasteiger partial charge >= 0.3 is 0 Å². The first-order valence-electron chi connectivity index (χ1n) is 6.84. The quantitative estimate of drug-likeness (QED) is 0.563. The average molecular weight is 273 g/mol. The SMILES string of the molecule is COCCCN(CCOC)C1CCC(N)(C(N)=O)C1. The lowest BCUT2D eigenvalue weighted by Crippen LogP contribution is -2.51. The molecule has 0 spiro atoms. The van der Waals surface area contributed by atoms with Crippen LogP contribution in [0.2, 0.25) is 0 Å². The van der Waals surface area contributed by atoms with Crippen LogP contribution in [0.5, 0.6) is 0 Å². The van der Waals surface area contributed by atoms with Gasteiger partial charge in [0.1, 0.15) is 0 Å². The summed E-state index contributed by atoms with van der Waals surface area (Å²) >= 11 is 0. The summed E-state index contributed by atoms with van der Waals surface area (Å²) in [5.74, 6) is -0.390. The molecule has 6 nitrogen and oxygen atoms in total. The van der Waals surface area contributed by atoms with E-state index in [-0.39, 0.29) is 0 Å². The van der Waals surface area contributed by atoms with Gasteiger partial charge in [0.25, 0.3) is 0 Å². The highest BCUT2D eigenvalue weighted by atomic mass is 16.5. The van der Waals surface area contributed by atoms with Crippen LogP contribution >= 0.6 is 0 Å². The number of rotatable bonds is 9. The van der Waals surface area contributed by atoms with Crippen molar-refractivity contribution in [1.82, 2.24) is 4.90 Å². The summed E-state index contributed by atoms with van der Waals surface area (Å²) in [6.07, 6.45) is 3.18. The zero-order chi connectivity index (χ0) is 14.3. The lowest BCUT2D eigenvalue weighted by atomic mass is 9.98. The number of hydrogen-bond donors (Lipinski definition) is 2. The molecule has 1 aliphatic carbocycles. The Labute approximate surface area is 115 Å². The number of carbonyl (C=O) groups is 1. The van der Waals surface area contributed by atoms with Crippen LogP contribution in [-0.2, 0) is 14.3 Å². The first kappa shape index (κ1) is 16.4. The molecular weight excluding hydrogens is 246 g/mol. The van der Waals surface area contributed by atoms with Crippen LogP contribution in [0.1, 0.15) is 25.7 Å². The first-order valence-corrected chi connectivity index (χ1v) is 6.84. The van der Waals surface area contributed by atoms with Gasteiger partial charge in [0, 0.05) is 40.0 Å². The minimum atomic E-state index is -0.836. The summed E-state index contributed by atoms with van der Waals surface area (Å²) in [6, 6.07) is 0.310. The lowest BCUT2D eigenvalue weighted by Gasteiger charge is -2.29. The van der Waals surface area contributed by atoms with Gasteiger partial charge in [0.05, 0.1) is 12.1 Å². The van der Waals surface area contributed by atoms with Crippen LogP contribution in [0.25, 0.3) is 0 Å². The van der Waals surface area contributed by atoms with E-state index in [9.17, 15) is 4.79 Å². The molecule has 2 unspecified atom stereocenters. The maximum atomic E-state index is 11.4. The van der Waals surface area contributed by atoms with Gasteiger partial charge < -0.3 is 20.9 Å². The van der Waals surface area contributed by atoms with E-state index in [1.165, 1.54) is 0 Å². The number of ether oxygens (including phenoxy) is 2. The number of hydrogen-bond acceptors (Lipinski definition) is 5. The molecule has 4 N–H and O–H groups in total. The van der Waals surface area contributed by atoms with E-state index in [2.05, 4.69) is 4.90 Å². The molecule has 0 aliphatic heterocycles. The number of nitrogens with zero attached hydrogens (tertiary/aromatic N) is 1. The van der Waals surface area contributed by atoms with Gasteiger partial charge in [-0.15, -0.1) is 0 Å². The molecule has 1 saturated carbocycles. The monoisotopic (exact) mass is 273 g/mol. The largest absolute Gasteiger partial charge is 0.385 e. The molecule has 2 atom stereocenters. The van der Waals surface area contributed by atoms with Crippen molar-refractivity contribution in [2.75, 3.05) is 40.5 Å². The predicted molar refractivity (Wildman–Crippen MR) is 73.7 cm³/mol. The van der Waals surface area contributed by atoms with Gasteiger partial charge in [0.2, 0.25) is 5.91 Å². The molecule has 1 aliphatic rings. The Morgan fingerprint density at radius 1 is 1.32 bits per heavy atom. The van der Waals surface area contributed by atoms with Crippen molar-refractivity contribution in [3.05, 3.63) is 0 Å². The normalized spacial score (nSPS) is 27.1. The highest BCUT2D eigenvalue weighted by Crippen LogP contribution is 2.31. The molecule has 112 valence electrons. The van der Waals surface area contributed by atoms with Crippen LogP contribution in [-0.4, -0.2) is 62.9 Å². The van der Waals surface area contributed by atoms with Crippen LogP contribution in [0.3, 0.4) is 0 Å². The molecule has 1 amide bonds. The molecule has 1 fully saturated rings. The van der Waals surface area contributed by atoms with Crippen molar-refractivity contribution in [2.45, 2.75) is 37.3 Å². The summed E-state index contributed by atoms with van der Waals surface area (Å²) < 4.78 is 10.2. The summed E-state index contributed by atoms with van der Waals surface area (Å²) in [6.45, 7) is 3.19. The number of methoxy groups -OCH3 is 2. The Hall–Kier alpha value is -0.690. The fourth-order valence-electron chi connectivity index (χ4n) is 2.68. The van der Waals surface area contributed by atoms with E-state index >= 15 is 0 Å². The van der Waals surface area contributed by atoms with E-state index in [0.717, 1.165) is 32.5 Å². The van der Waals surface area contributed by atoms with Crippen molar-refractivity contribution in [2.24, 2.45) is 11.5 Å². The van der Waals surface area contributed by atoms with Crippen LogP contribution in [0, 0.1) is 0 Å². The highest BCUT2D eigenvalue weighted by molar-refractivity contribution is 5.84. The maximum absolute atomic E-state index is 11.4. The molecule has 1 rings (SSSR count). The van der Waals surface area contributed by atoms with Gasteiger partial charge in [0.15, 0.2) is 0 Å². The van der Waals surface area contributed by atoms with Crippen molar-refractivity contribution in [3.63, 3.8) is 0 Å². The van der Waals surface area contributed by atoms with Crippen LogP contribution in [0.4, 0.5) is 0 Å². The molecule has 0 bridgehead atoms. The van der Waals surface area contributed by atoms with E-state index in [0.29, 0.717) is 25.5 Å². The second kappa shape index (κ2) is 7.79. The van der Waals surface area contributed by atoms with E-state index in [1.807, 2.05) is 0 Å². The lowest BCUT2D eigenvalue weighted by molar-refractivity contribution is -0.123. The van der Waals surface area contributed by atoms with E-state index < -0.39 is 11.4 Å².